The Morgan fingerprint density at radius 2 is 1.85 bits per heavy atom. The molecule has 2 aliphatic heterocycles. The van der Waals surface area contributed by atoms with E-state index in [1.165, 1.54) is 0 Å². The minimum Gasteiger partial charge on any atom is -0.473 e. The van der Waals surface area contributed by atoms with Crippen molar-refractivity contribution in [2.24, 2.45) is 0 Å². The van der Waals surface area contributed by atoms with Crippen molar-refractivity contribution in [3.8, 4) is 17.3 Å². The van der Waals surface area contributed by atoms with Gasteiger partial charge in [-0.1, -0.05) is 36.4 Å². The Morgan fingerprint density at radius 3 is 2.65 bits per heavy atom. The smallest absolute Gasteiger partial charge is 0.215 e. The lowest BCUT2D eigenvalue weighted by Gasteiger charge is -2.37. The van der Waals surface area contributed by atoms with Crippen LogP contribution >= 0.6 is 0 Å². The van der Waals surface area contributed by atoms with Crippen LogP contribution in [0, 0.1) is 0 Å². The van der Waals surface area contributed by atoms with Gasteiger partial charge < -0.3 is 24.6 Å². The highest BCUT2D eigenvalue weighted by atomic mass is 16.5. The van der Waals surface area contributed by atoms with Gasteiger partial charge in [-0.2, -0.15) is 4.98 Å². The number of rotatable bonds is 8. The average Bonchev–Trinajstić information content (AvgIpc) is 3.00. The molecule has 0 aliphatic carbocycles. The number of carbonyl (C=O) groups is 1. The molecular formula is C31H32N6O3. The molecule has 1 amide bonds. The summed E-state index contributed by atoms with van der Waals surface area (Å²) in [5.74, 6) is 2.87. The van der Waals surface area contributed by atoms with Crippen molar-refractivity contribution in [1.29, 1.82) is 0 Å². The number of benzene rings is 2. The van der Waals surface area contributed by atoms with Gasteiger partial charge in [0.1, 0.15) is 18.2 Å². The average molecular weight is 537 g/mol. The Balaban J connectivity index is 1.21. The van der Waals surface area contributed by atoms with Gasteiger partial charge in [0, 0.05) is 36.0 Å². The first kappa shape index (κ1) is 25.8. The van der Waals surface area contributed by atoms with E-state index in [1.807, 2.05) is 72.8 Å². The summed E-state index contributed by atoms with van der Waals surface area (Å²) in [6, 6.07) is 23.9. The molecule has 6 rings (SSSR count). The van der Waals surface area contributed by atoms with Crippen LogP contribution in [0.3, 0.4) is 0 Å². The number of ether oxygens (including phenoxy) is 2. The summed E-state index contributed by atoms with van der Waals surface area (Å²) in [7, 11) is 0. The second kappa shape index (κ2) is 11.7. The molecule has 0 radical (unpaired) electrons. The van der Waals surface area contributed by atoms with Crippen molar-refractivity contribution in [3.05, 3.63) is 89.6 Å². The molecule has 1 unspecified atom stereocenters. The van der Waals surface area contributed by atoms with Crippen LogP contribution in [0.2, 0.25) is 0 Å². The maximum atomic E-state index is 11.5. The minimum absolute atomic E-state index is 0.219. The quantitative estimate of drug-likeness (QED) is 0.327. The molecule has 0 spiro atoms. The van der Waals surface area contributed by atoms with E-state index in [4.69, 9.17) is 19.4 Å². The summed E-state index contributed by atoms with van der Waals surface area (Å²) in [4.78, 5) is 30.2. The highest BCUT2D eigenvalue weighted by Crippen LogP contribution is 2.31. The molecule has 4 aromatic rings. The van der Waals surface area contributed by atoms with Gasteiger partial charge in [0.15, 0.2) is 5.82 Å². The van der Waals surface area contributed by atoms with Crippen LogP contribution in [0.1, 0.15) is 23.7 Å². The van der Waals surface area contributed by atoms with E-state index in [9.17, 15) is 4.79 Å². The standard InChI is InChI=1S/C31H32N6O3/c1-22-19-39-17-16-37(22)31-26-14-15-36(21-38)18-27(26)33-30(35-31)24-10-12-25(13-11-24)32-28-8-5-9-29(34-28)40-20-23-6-3-2-4-7-23/h2-13,21-22H,14-20H2,1H3,(H,32,34). The Kier molecular flexibility index (Phi) is 7.54. The molecule has 4 heterocycles. The molecule has 2 aromatic carbocycles. The number of hydrogen-bond acceptors (Lipinski definition) is 8. The topological polar surface area (TPSA) is 92.7 Å². The zero-order valence-corrected chi connectivity index (χ0v) is 22.5. The number of amides is 1. The highest BCUT2D eigenvalue weighted by molar-refractivity contribution is 5.66. The molecule has 9 nitrogen and oxygen atoms in total. The molecule has 1 N–H and O–H groups in total. The summed E-state index contributed by atoms with van der Waals surface area (Å²) >= 11 is 0. The van der Waals surface area contributed by atoms with Gasteiger partial charge >= 0.3 is 0 Å². The fourth-order valence-corrected chi connectivity index (χ4v) is 5.08. The Morgan fingerprint density at radius 1 is 1.00 bits per heavy atom. The lowest BCUT2D eigenvalue weighted by atomic mass is 10.0. The van der Waals surface area contributed by atoms with Crippen molar-refractivity contribution in [2.75, 3.05) is 36.5 Å². The molecule has 1 saturated heterocycles. The number of anilines is 3. The number of hydrogen-bond donors (Lipinski definition) is 1. The number of aromatic nitrogens is 3. The first-order valence-electron chi connectivity index (χ1n) is 13.6. The maximum absolute atomic E-state index is 11.5. The van der Waals surface area contributed by atoms with Gasteiger partial charge in [0.25, 0.3) is 0 Å². The number of fused-ring (bicyclic) bond motifs is 1. The first-order chi connectivity index (χ1) is 19.7. The van der Waals surface area contributed by atoms with Gasteiger partial charge in [-0.25, -0.2) is 9.97 Å². The molecule has 0 bridgehead atoms. The minimum atomic E-state index is 0.219. The van der Waals surface area contributed by atoms with E-state index in [0.29, 0.717) is 50.4 Å². The van der Waals surface area contributed by atoms with Crippen molar-refractivity contribution in [1.82, 2.24) is 19.9 Å². The summed E-state index contributed by atoms with van der Waals surface area (Å²) in [5, 5.41) is 3.35. The van der Waals surface area contributed by atoms with Crippen LogP contribution in [0.5, 0.6) is 5.88 Å². The second-order valence-electron chi connectivity index (χ2n) is 10.1. The summed E-state index contributed by atoms with van der Waals surface area (Å²) in [6.07, 6.45) is 1.65. The number of carbonyl (C=O) groups excluding carboxylic acids is 1. The van der Waals surface area contributed by atoms with E-state index < -0.39 is 0 Å². The van der Waals surface area contributed by atoms with Crippen LogP contribution in [0.25, 0.3) is 11.4 Å². The van der Waals surface area contributed by atoms with Crippen LogP contribution in [-0.2, 0) is 29.1 Å². The molecule has 2 aliphatic rings. The molecule has 204 valence electrons. The van der Waals surface area contributed by atoms with E-state index in [-0.39, 0.29) is 6.04 Å². The summed E-state index contributed by atoms with van der Waals surface area (Å²) in [5.41, 5.74) is 4.94. The van der Waals surface area contributed by atoms with Gasteiger partial charge in [0.05, 0.1) is 31.5 Å². The third-order valence-corrected chi connectivity index (χ3v) is 7.23. The van der Waals surface area contributed by atoms with Gasteiger partial charge in [-0.05, 0) is 49.2 Å². The molecular weight excluding hydrogens is 504 g/mol. The van der Waals surface area contributed by atoms with Crippen molar-refractivity contribution in [2.45, 2.75) is 32.5 Å². The normalized spacial score (nSPS) is 16.8. The predicted octanol–water partition coefficient (Wildman–Crippen LogP) is 4.60. The van der Waals surface area contributed by atoms with Gasteiger partial charge in [-0.15, -0.1) is 0 Å². The third kappa shape index (κ3) is 5.74. The maximum Gasteiger partial charge on any atom is 0.215 e. The molecule has 40 heavy (non-hydrogen) atoms. The van der Waals surface area contributed by atoms with Crippen LogP contribution in [-0.4, -0.2) is 58.6 Å². The van der Waals surface area contributed by atoms with E-state index in [1.54, 1.807) is 4.90 Å². The van der Waals surface area contributed by atoms with Crippen LogP contribution in [0.4, 0.5) is 17.3 Å². The third-order valence-electron chi connectivity index (χ3n) is 7.23. The largest absolute Gasteiger partial charge is 0.473 e. The molecule has 2 aromatic heterocycles. The molecule has 9 heteroatoms. The Bertz CT molecular complexity index is 1460. The van der Waals surface area contributed by atoms with Gasteiger partial charge in [0.2, 0.25) is 12.3 Å². The van der Waals surface area contributed by atoms with E-state index in [2.05, 4.69) is 22.1 Å². The number of nitrogens with one attached hydrogen (secondary N) is 1. The van der Waals surface area contributed by atoms with Crippen LogP contribution in [0.15, 0.2) is 72.8 Å². The fraction of sp³-hybridized carbons (Fsp3) is 0.290. The fourth-order valence-electron chi connectivity index (χ4n) is 5.08. The van der Waals surface area contributed by atoms with E-state index in [0.717, 1.165) is 53.3 Å². The number of nitrogens with zero attached hydrogens (tertiary/aromatic N) is 5. The summed E-state index contributed by atoms with van der Waals surface area (Å²) in [6.45, 7) is 5.91. The molecule has 1 fully saturated rings. The van der Waals surface area contributed by atoms with E-state index >= 15 is 0 Å². The zero-order chi connectivity index (χ0) is 27.3. The van der Waals surface area contributed by atoms with Crippen molar-refractivity contribution in [3.63, 3.8) is 0 Å². The zero-order valence-electron chi connectivity index (χ0n) is 22.5. The predicted molar refractivity (Wildman–Crippen MR) is 154 cm³/mol. The number of pyridine rings is 1. The first-order valence-corrected chi connectivity index (χ1v) is 13.6. The highest BCUT2D eigenvalue weighted by Gasteiger charge is 2.28. The lowest BCUT2D eigenvalue weighted by Crippen LogP contribution is -2.45. The summed E-state index contributed by atoms with van der Waals surface area (Å²) < 4.78 is 11.5. The van der Waals surface area contributed by atoms with Gasteiger partial charge in [-0.3, -0.25) is 4.79 Å². The Hall–Kier alpha value is -4.50. The van der Waals surface area contributed by atoms with Crippen molar-refractivity contribution >= 4 is 23.7 Å². The Labute approximate surface area is 233 Å². The number of morpholine rings is 1. The molecule has 1 atom stereocenters. The molecule has 0 saturated carbocycles. The SMILES string of the molecule is CC1COCCN1c1nc(-c2ccc(Nc3cccc(OCc4ccccc4)n3)cc2)nc2c1CCN(C=O)C2. The second-order valence-corrected chi connectivity index (χ2v) is 10.1. The lowest BCUT2D eigenvalue weighted by molar-refractivity contribution is -0.119. The monoisotopic (exact) mass is 536 g/mol. The van der Waals surface area contributed by atoms with Crippen LogP contribution < -0.4 is 15.0 Å². The van der Waals surface area contributed by atoms with Crippen molar-refractivity contribution < 1.29 is 14.3 Å².